The van der Waals surface area contributed by atoms with E-state index in [0.29, 0.717) is 0 Å². The molecule has 1 aromatic carbocycles. The van der Waals surface area contributed by atoms with Gasteiger partial charge in [-0.05, 0) is 18.4 Å². The summed E-state index contributed by atoms with van der Waals surface area (Å²) in [6.07, 6.45) is 1.92. The van der Waals surface area contributed by atoms with Crippen molar-refractivity contribution in [3.63, 3.8) is 0 Å². The Balaban J connectivity index is 2.22. The van der Waals surface area contributed by atoms with E-state index in [4.69, 9.17) is 5.26 Å². The summed E-state index contributed by atoms with van der Waals surface area (Å²) in [4.78, 5) is 11.7. The highest BCUT2D eigenvalue weighted by Crippen LogP contribution is 2.35. The molecule has 2 nitrogen and oxygen atoms in total. The molecule has 0 bridgehead atoms. The summed E-state index contributed by atoms with van der Waals surface area (Å²) in [6, 6.07) is 11.4. The monoisotopic (exact) mass is 185 g/mol. The molecular weight excluding hydrogens is 174 g/mol. The maximum absolute atomic E-state index is 11.7. The summed E-state index contributed by atoms with van der Waals surface area (Å²) in [5, 5.41) is 8.96. The quantitative estimate of drug-likeness (QED) is 0.724. The Kier molecular flexibility index (Phi) is 2.32. The van der Waals surface area contributed by atoms with Crippen molar-refractivity contribution in [2.45, 2.75) is 18.8 Å². The van der Waals surface area contributed by atoms with Crippen molar-refractivity contribution in [3.05, 3.63) is 35.9 Å². The maximum atomic E-state index is 11.7. The topological polar surface area (TPSA) is 40.9 Å². The first-order chi connectivity index (χ1) is 6.83. The van der Waals surface area contributed by atoms with Crippen LogP contribution in [0, 0.1) is 17.2 Å². The molecule has 1 fully saturated rings. The number of benzene rings is 1. The molecule has 1 atom stereocenters. The van der Waals surface area contributed by atoms with Crippen LogP contribution in [0.25, 0.3) is 0 Å². The minimum Gasteiger partial charge on any atom is -0.298 e. The van der Waals surface area contributed by atoms with Crippen LogP contribution >= 0.6 is 0 Å². The van der Waals surface area contributed by atoms with Crippen LogP contribution in [0.1, 0.15) is 24.3 Å². The molecular formula is C12H11NO. The highest BCUT2D eigenvalue weighted by Gasteiger charge is 2.35. The summed E-state index contributed by atoms with van der Waals surface area (Å²) in [7, 11) is 0. The summed E-state index contributed by atoms with van der Waals surface area (Å²) in [5.74, 6) is -0.303. The smallest absolute Gasteiger partial charge is 0.157 e. The molecule has 70 valence electrons. The van der Waals surface area contributed by atoms with Crippen molar-refractivity contribution < 1.29 is 4.79 Å². The fraction of sp³-hybridized carbons (Fsp3) is 0.333. The molecule has 0 aliphatic heterocycles. The molecule has 1 saturated carbocycles. The first-order valence-electron chi connectivity index (χ1n) is 4.81. The van der Waals surface area contributed by atoms with E-state index in [0.717, 1.165) is 18.4 Å². The van der Waals surface area contributed by atoms with E-state index >= 15 is 0 Å². The van der Waals surface area contributed by atoms with Gasteiger partial charge in [-0.15, -0.1) is 0 Å². The van der Waals surface area contributed by atoms with Gasteiger partial charge in [-0.3, -0.25) is 4.79 Å². The minimum atomic E-state index is -0.552. The standard InChI is InChI=1S/C12H11NO/c13-8-11(12(14)10-6-7-10)9-4-2-1-3-5-9/h1-5,10-11H,6-7H2/t11-/m1/s1. The number of hydrogen-bond acceptors (Lipinski definition) is 2. The van der Waals surface area contributed by atoms with Crippen molar-refractivity contribution >= 4 is 5.78 Å². The van der Waals surface area contributed by atoms with Gasteiger partial charge in [0.2, 0.25) is 0 Å². The van der Waals surface area contributed by atoms with Crippen molar-refractivity contribution in [2.75, 3.05) is 0 Å². The highest BCUT2D eigenvalue weighted by atomic mass is 16.1. The molecule has 0 spiro atoms. The Morgan fingerprint density at radius 1 is 1.36 bits per heavy atom. The van der Waals surface area contributed by atoms with Gasteiger partial charge in [-0.2, -0.15) is 5.26 Å². The second kappa shape index (κ2) is 3.63. The lowest BCUT2D eigenvalue weighted by molar-refractivity contribution is -0.120. The first-order valence-corrected chi connectivity index (χ1v) is 4.81. The van der Waals surface area contributed by atoms with Crippen molar-refractivity contribution in [1.82, 2.24) is 0 Å². The zero-order valence-corrected chi connectivity index (χ0v) is 7.81. The lowest BCUT2D eigenvalue weighted by Gasteiger charge is -2.06. The molecule has 1 aromatic rings. The Morgan fingerprint density at radius 3 is 2.50 bits per heavy atom. The van der Waals surface area contributed by atoms with E-state index in [2.05, 4.69) is 6.07 Å². The Bertz CT molecular complexity index is 373. The molecule has 2 rings (SSSR count). The normalized spacial score (nSPS) is 17.1. The van der Waals surface area contributed by atoms with E-state index in [9.17, 15) is 4.79 Å². The van der Waals surface area contributed by atoms with Crippen molar-refractivity contribution in [3.8, 4) is 6.07 Å². The van der Waals surface area contributed by atoms with Crippen LogP contribution < -0.4 is 0 Å². The van der Waals surface area contributed by atoms with Crippen LogP contribution in [0.4, 0.5) is 0 Å². The summed E-state index contributed by atoms with van der Waals surface area (Å²) in [6.45, 7) is 0. The van der Waals surface area contributed by atoms with E-state index in [1.165, 1.54) is 0 Å². The van der Waals surface area contributed by atoms with Gasteiger partial charge in [0.1, 0.15) is 5.92 Å². The molecule has 0 saturated heterocycles. The van der Waals surface area contributed by atoms with E-state index in [1.54, 1.807) is 0 Å². The number of nitriles is 1. The van der Waals surface area contributed by atoms with Crippen LogP contribution in [-0.2, 0) is 4.79 Å². The van der Waals surface area contributed by atoms with Crippen LogP contribution in [0.2, 0.25) is 0 Å². The van der Waals surface area contributed by atoms with Gasteiger partial charge in [0.05, 0.1) is 6.07 Å². The molecule has 14 heavy (non-hydrogen) atoms. The molecule has 1 aliphatic rings. The number of hydrogen-bond donors (Lipinski definition) is 0. The predicted molar refractivity (Wildman–Crippen MR) is 52.5 cm³/mol. The summed E-state index contributed by atoms with van der Waals surface area (Å²) >= 11 is 0. The molecule has 0 amide bonds. The minimum absolute atomic E-state index is 0.0960. The molecule has 2 heteroatoms. The van der Waals surface area contributed by atoms with Gasteiger partial charge in [0.15, 0.2) is 5.78 Å². The first kappa shape index (κ1) is 8.96. The molecule has 0 N–H and O–H groups in total. The van der Waals surface area contributed by atoms with Crippen molar-refractivity contribution in [1.29, 1.82) is 5.26 Å². The number of ketones is 1. The van der Waals surface area contributed by atoms with Gasteiger partial charge in [0, 0.05) is 5.92 Å². The maximum Gasteiger partial charge on any atom is 0.157 e. The Labute approximate surface area is 83.2 Å². The number of Topliss-reactive ketones (excluding diaryl/α,β-unsaturated/α-hetero) is 1. The second-order valence-electron chi connectivity index (χ2n) is 3.65. The van der Waals surface area contributed by atoms with E-state index in [-0.39, 0.29) is 11.7 Å². The van der Waals surface area contributed by atoms with Crippen LogP contribution in [0.3, 0.4) is 0 Å². The molecule has 0 unspecified atom stereocenters. The largest absolute Gasteiger partial charge is 0.298 e. The number of rotatable bonds is 3. The summed E-state index contributed by atoms with van der Waals surface area (Å²) in [5.41, 5.74) is 0.826. The molecule has 0 heterocycles. The third-order valence-electron chi connectivity index (χ3n) is 2.53. The predicted octanol–water partition coefficient (Wildman–Crippen LogP) is 2.27. The molecule has 1 aliphatic carbocycles. The second-order valence-corrected chi connectivity index (χ2v) is 3.65. The van der Waals surface area contributed by atoms with Gasteiger partial charge in [-0.25, -0.2) is 0 Å². The van der Waals surface area contributed by atoms with Gasteiger partial charge < -0.3 is 0 Å². The fourth-order valence-electron chi connectivity index (χ4n) is 1.55. The molecule has 0 radical (unpaired) electrons. The Hall–Kier alpha value is -1.62. The van der Waals surface area contributed by atoms with E-state index in [1.807, 2.05) is 30.3 Å². The highest BCUT2D eigenvalue weighted by molar-refractivity contribution is 5.91. The SMILES string of the molecule is N#C[C@@H](C(=O)C1CC1)c1ccccc1. The third kappa shape index (κ3) is 1.67. The van der Waals surface area contributed by atoms with E-state index < -0.39 is 5.92 Å². The van der Waals surface area contributed by atoms with Crippen LogP contribution in [0.5, 0.6) is 0 Å². The number of carbonyl (C=O) groups excluding carboxylic acids is 1. The lowest BCUT2D eigenvalue weighted by atomic mass is 9.94. The fourth-order valence-corrected chi connectivity index (χ4v) is 1.55. The zero-order valence-electron chi connectivity index (χ0n) is 7.81. The summed E-state index contributed by atoms with van der Waals surface area (Å²) < 4.78 is 0. The van der Waals surface area contributed by atoms with Gasteiger partial charge in [-0.1, -0.05) is 30.3 Å². The van der Waals surface area contributed by atoms with Gasteiger partial charge in [0.25, 0.3) is 0 Å². The van der Waals surface area contributed by atoms with Crippen LogP contribution in [0.15, 0.2) is 30.3 Å². The van der Waals surface area contributed by atoms with Gasteiger partial charge >= 0.3 is 0 Å². The van der Waals surface area contributed by atoms with Crippen LogP contribution in [-0.4, -0.2) is 5.78 Å². The zero-order chi connectivity index (χ0) is 9.97. The molecule has 0 aromatic heterocycles. The third-order valence-corrected chi connectivity index (χ3v) is 2.53. The average molecular weight is 185 g/mol. The average Bonchev–Trinajstić information content (AvgIpc) is 3.03. The number of nitrogens with zero attached hydrogens (tertiary/aromatic N) is 1. The lowest BCUT2D eigenvalue weighted by Crippen LogP contribution is -2.12. The Morgan fingerprint density at radius 2 is 2.00 bits per heavy atom. The van der Waals surface area contributed by atoms with Crippen molar-refractivity contribution in [2.24, 2.45) is 5.92 Å². The number of carbonyl (C=O) groups is 1.